The van der Waals surface area contributed by atoms with E-state index in [0.717, 1.165) is 54.3 Å². The van der Waals surface area contributed by atoms with Crippen LogP contribution in [-0.2, 0) is 11.2 Å². The van der Waals surface area contributed by atoms with E-state index < -0.39 is 11.4 Å². The van der Waals surface area contributed by atoms with E-state index in [4.69, 9.17) is 0 Å². The molecule has 0 unspecified atom stereocenters. The van der Waals surface area contributed by atoms with Crippen molar-refractivity contribution in [2.24, 2.45) is 10.8 Å². The number of carboxylic acid groups (broad SMARTS) is 1. The number of rotatable bonds is 7. The number of nitrogens with one attached hydrogen (secondary N) is 1. The summed E-state index contributed by atoms with van der Waals surface area (Å²) in [6.07, 6.45) is 8.24. The van der Waals surface area contributed by atoms with E-state index in [1.54, 1.807) is 4.52 Å². The summed E-state index contributed by atoms with van der Waals surface area (Å²) in [5, 5.41) is 17.2. The summed E-state index contributed by atoms with van der Waals surface area (Å²) < 4.78 is 1.73. The first kappa shape index (κ1) is 20.6. The third kappa shape index (κ3) is 3.32. The molecule has 6 nitrogen and oxygen atoms in total. The molecule has 3 fully saturated rings. The number of hydrogen-bond acceptors (Lipinski definition) is 3. The highest BCUT2D eigenvalue weighted by atomic mass is 16.4. The maximum absolute atomic E-state index is 13.2. The van der Waals surface area contributed by atoms with Crippen LogP contribution in [0, 0.1) is 10.8 Å². The lowest BCUT2D eigenvalue weighted by atomic mass is 9.53. The number of allylic oxidation sites excluding steroid dienone is 1. The van der Waals surface area contributed by atoms with Crippen LogP contribution in [0.1, 0.15) is 80.4 Å². The third-order valence-electron chi connectivity index (χ3n) is 7.63. The van der Waals surface area contributed by atoms with Gasteiger partial charge in [-0.2, -0.15) is 5.10 Å². The normalized spacial score (nSPS) is 25.4. The summed E-state index contributed by atoms with van der Waals surface area (Å²) in [4.78, 5) is 24.9. The Morgan fingerprint density at radius 3 is 2.40 bits per heavy atom. The number of aryl methyl sites for hydroxylation is 1. The van der Waals surface area contributed by atoms with E-state index in [1.165, 1.54) is 0 Å². The van der Waals surface area contributed by atoms with Crippen LogP contribution in [0.3, 0.4) is 0 Å². The lowest BCUT2D eigenvalue weighted by Crippen LogP contribution is -2.50. The van der Waals surface area contributed by atoms with Gasteiger partial charge in [0, 0.05) is 6.54 Å². The fourth-order valence-electron chi connectivity index (χ4n) is 5.19. The standard InChI is InChI=1S/C24H31N3O3/c1-4-16(3)18-12-19-17(5-2)14-26-27(19)20(13-18)21(28)25-15-23-6-9-24(10-7-23,11-8-23)22(29)30/h12-14H,3-11,15H2,1-2H3,(H,25,28)(H,29,30). The van der Waals surface area contributed by atoms with Gasteiger partial charge in [-0.05, 0) is 85.6 Å². The average Bonchev–Trinajstić information content (AvgIpc) is 3.20. The maximum atomic E-state index is 13.2. The number of fused-ring (bicyclic) bond motifs is 4. The summed E-state index contributed by atoms with van der Waals surface area (Å²) in [5.74, 6) is -0.785. The highest BCUT2D eigenvalue weighted by molar-refractivity contribution is 5.94. The second kappa shape index (κ2) is 7.56. The molecule has 0 radical (unpaired) electrons. The van der Waals surface area contributed by atoms with Crippen molar-refractivity contribution in [3.63, 3.8) is 0 Å². The zero-order chi connectivity index (χ0) is 21.5. The van der Waals surface area contributed by atoms with Crippen LogP contribution >= 0.6 is 0 Å². The van der Waals surface area contributed by atoms with Gasteiger partial charge in [-0.3, -0.25) is 9.59 Å². The molecule has 6 heteroatoms. The van der Waals surface area contributed by atoms with Crippen molar-refractivity contribution >= 4 is 23.0 Å². The lowest BCUT2D eigenvalue weighted by molar-refractivity contribution is -0.158. The quantitative estimate of drug-likeness (QED) is 0.706. The molecule has 0 spiro atoms. The van der Waals surface area contributed by atoms with Crippen molar-refractivity contribution in [2.75, 3.05) is 6.54 Å². The van der Waals surface area contributed by atoms with Gasteiger partial charge >= 0.3 is 5.97 Å². The molecule has 0 aromatic carbocycles. The van der Waals surface area contributed by atoms with Crippen molar-refractivity contribution < 1.29 is 14.7 Å². The van der Waals surface area contributed by atoms with E-state index in [9.17, 15) is 14.7 Å². The average molecular weight is 410 g/mol. The first-order valence-corrected chi connectivity index (χ1v) is 11.0. The summed E-state index contributed by atoms with van der Waals surface area (Å²) in [5.41, 5.74) is 4.06. The molecule has 0 aliphatic heterocycles. The van der Waals surface area contributed by atoms with Gasteiger partial charge in [0.15, 0.2) is 0 Å². The van der Waals surface area contributed by atoms with Crippen LogP contribution in [-0.4, -0.2) is 33.1 Å². The summed E-state index contributed by atoms with van der Waals surface area (Å²) >= 11 is 0. The predicted molar refractivity (Wildman–Crippen MR) is 116 cm³/mol. The number of hydrogen-bond donors (Lipinski definition) is 2. The van der Waals surface area contributed by atoms with Crippen molar-refractivity contribution in [3.05, 3.63) is 41.7 Å². The van der Waals surface area contributed by atoms with Crippen LogP contribution in [0.2, 0.25) is 0 Å². The highest BCUT2D eigenvalue weighted by Crippen LogP contribution is 2.56. The van der Waals surface area contributed by atoms with E-state index >= 15 is 0 Å². The molecule has 3 aliphatic rings. The van der Waals surface area contributed by atoms with E-state index in [-0.39, 0.29) is 11.3 Å². The fourth-order valence-corrected chi connectivity index (χ4v) is 5.19. The SMILES string of the molecule is C=C(CC)c1cc(C(=O)NCC23CCC(C(=O)O)(CC2)CC3)n2ncc(CC)c2c1. The van der Waals surface area contributed by atoms with Crippen LogP contribution < -0.4 is 5.32 Å². The minimum absolute atomic E-state index is 0.0231. The Kier molecular flexibility index (Phi) is 5.20. The number of carbonyl (C=O) groups excluding carboxylic acids is 1. The van der Waals surface area contributed by atoms with Gasteiger partial charge in [0.05, 0.1) is 17.1 Å². The van der Waals surface area contributed by atoms with Gasteiger partial charge in [-0.1, -0.05) is 20.4 Å². The Bertz CT molecular complexity index is 996. The number of nitrogens with zero attached hydrogens (tertiary/aromatic N) is 2. The van der Waals surface area contributed by atoms with Crippen molar-refractivity contribution in [3.8, 4) is 0 Å². The zero-order valence-electron chi connectivity index (χ0n) is 18.0. The zero-order valence-corrected chi connectivity index (χ0v) is 18.0. The van der Waals surface area contributed by atoms with E-state index in [2.05, 4.69) is 36.9 Å². The molecule has 5 rings (SSSR count). The minimum Gasteiger partial charge on any atom is -0.481 e. The number of aromatic nitrogens is 2. The molecule has 2 heterocycles. The molecule has 1 amide bonds. The summed E-state index contributed by atoms with van der Waals surface area (Å²) in [6, 6.07) is 3.95. The molecule has 3 saturated carbocycles. The molecule has 2 aromatic rings. The Hall–Kier alpha value is -2.63. The topological polar surface area (TPSA) is 83.7 Å². The molecule has 30 heavy (non-hydrogen) atoms. The summed E-state index contributed by atoms with van der Waals surface area (Å²) in [7, 11) is 0. The first-order valence-electron chi connectivity index (χ1n) is 11.0. The Morgan fingerprint density at radius 2 is 1.83 bits per heavy atom. The minimum atomic E-state index is -0.652. The molecule has 0 atom stereocenters. The van der Waals surface area contributed by atoms with Crippen molar-refractivity contribution in [1.82, 2.24) is 14.9 Å². The van der Waals surface area contributed by atoms with Crippen molar-refractivity contribution in [2.45, 2.75) is 65.2 Å². The molecule has 2 aromatic heterocycles. The predicted octanol–water partition coefficient (Wildman–Crippen LogP) is 4.47. The van der Waals surface area contributed by atoms with Gasteiger partial charge in [-0.25, -0.2) is 4.52 Å². The van der Waals surface area contributed by atoms with E-state index in [1.807, 2.05) is 12.3 Å². The van der Waals surface area contributed by atoms with Gasteiger partial charge in [0.1, 0.15) is 5.69 Å². The fraction of sp³-hybridized carbons (Fsp3) is 0.542. The number of carbonyl (C=O) groups is 2. The monoisotopic (exact) mass is 409 g/mol. The molecule has 0 saturated heterocycles. The molecule has 2 bridgehead atoms. The van der Waals surface area contributed by atoms with Crippen LogP contribution in [0.5, 0.6) is 0 Å². The molecule has 2 N–H and O–H groups in total. The number of amides is 1. The first-order chi connectivity index (χ1) is 14.3. The van der Waals surface area contributed by atoms with Gasteiger partial charge in [0.2, 0.25) is 0 Å². The summed E-state index contributed by atoms with van der Waals surface area (Å²) in [6.45, 7) is 8.88. The molecule has 3 aliphatic carbocycles. The maximum Gasteiger partial charge on any atom is 0.309 e. The van der Waals surface area contributed by atoms with Gasteiger partial charge < -0.3 is 10.4 Å². The second-order valence-corrected chi connectivity index (χ2v) is 9.17. The van der Waals surface area contributed by atoms with Crippen LogP contribution in [0.4, 0.5) is 0 Å². The Balaban J connectivity index is 1.56. The Morgan fingerprint density at radius 1 is 1.17 bits per heavy atom. The third-order valence-corrected chi connectivity index (χ3v) is 7.63. The Labute approximate surface area is 177 Å². The van der Waals surface area contributed by atoms with Crippen molar-refractivity contribution in [1.29, 1.82) is 0 Å². The van der Waals surface area contributed by atoms with Crippen LogP contribution in [0.15, 0.2) is 24.9 Å². The van der Waals surface area contributed by atoms with E-state index in [0.29, 0.717) is 31.5 Å². The molecule has 160 valence electrons. The molecular formula is C24H31N3O3. The second-order valence-electron chi connectivity index (χ2n) is 9.17. The van der Waals surface area contributed by atoms with Gasteiger partial charge in [0.25, 0.3) is 5.91 Å². The number of aliphatic carboxylic acids is 1. The lowest BCUT2D eigenvalue weighted by Gasteiger charge is -2.51. The van der Waals surface area contributed by atoms with Crippen LogP contribution in [0.25, 0.3) is 11.1 Å². The largest absolute Gasteiger partial charge is 0.481 e. The number of carboxylic acids is 1. The van der Waals surface area contributed by atoms with Gasteiger partial charge in [-0.15, -0.1) is 0 Å². The highest BCUT2D eigenvalue weighted by Gasteiger charge is 2.52. The smallest absolute Gasteiger partial charge is 0.309 e. The molecular weight excluding hydrogens is 378 g/mol. The number of pyridine rings is 1.